The van der Waals surface area contributed by atoms with Crippen LogP contribution in [-0.2, 0) is 0 Å². The molecule has 0 amide bonds. The van der Waals surface area contributed by atoms with E-state index in [0.717, 1.165) is 0 Å². The van der Waals surface area contributed by atoms with Crippen molar-refractivity contribution in [2.45, 2.75) is 13.0 Å². The lowest BCUT2D eigenvalue weighted by Gasteiger charge is -2.21. The first-order chi connectivity index (χ1) is 4.34. The number of hydrogen-bond acceptors (Lipinski definition) is 1. The average Bonchev–Trinajstić information content (AvgIpc) is 2.37. The molecule has 0 aliphatic heterocycles. The maximum Gasteiger partial charge on any atom is -0.00762 e. The lowest BCUT2D eigenvalue weighted by molar-refractivity contribution is 0.922. The van der Waals surface area contributed by atoms with Crippen LogP contribution in [0.15, 0.2) is 16.8 Å². The third kappa shape index (κ3) is 1.53. The van der Waals surface area contributed by atoms with Crippen LogP contribution in [-0.4, -0.2) is 7.05 Å². The molecule has 0 spiro atoms. The van der Waals surface area contributed by atoms with Gasteiger partial charge in [0, 0.05) is 0 Å². The molecule has 9 heavy (non-hydrogen) atoms. The topological polar surface area (TPSA) is 14.1 Å². The maximum atomic E-state index is 4.14. The Morgan fingerprint density at radius 1 is 1.67 bits per heavy atom. The highest BCUT2D eigenvalue weighted by Gasteiger charge is 1.91. The second kappa shape index (κ2) is 2.99. The second-order valence-corrected chi connectivity index (χ2v) is 2.77. The Hall–Kier alpha value is -0.340. The lowest BCUT2D eigenvalue weighted by atomic mass is 10.2. The third-order valence-corrected chi connectivity index (χ3v) is 2.11. The number of nitrogens with zero attached hydrogens (tertiary/aromatic N) is 1. The van der Waals surface area contributed by atoms with Gasteiger partial charge in [0.15, 0.2) is 0 Å². The van der Waals surface area contributed by atoms with E-state index in [9.17, 15) is 0 Å². The van der Waals surface area contributed by atoms with Crippen molar-refractivity contribution in [3.05, 3.63) is 27.7 Å². The van der Waals surface area contributed by atoms with Crippen molar-refractivity contribution in [3.63, 3.8) is 0 Å². The van der Waals surface area contributed by atoms with Crippen LogP contribution in [0, 0.1) is 0 Å². The third-order valence-electron chi connectivity index (χ3n) is 1.41. The van der Waals surface area contributed by atoms with E-state index in [0.29, 0.717) is 6.04 Å². The summed E-state index contributed by atoms with van der Waals surface area (Å²) in [6.45, 7) is 2.10. The Labute approximate surface area is 59.7 Å². The predicted octanol–water partition coefficient (Wildman–Crippen LogP) is 2.81. The Balaban J connectivity index is 2.65. The van der Waals surface area contributed by atoms with Gasteiger partial charge < -0.3 is 5.32 Å². The zero-order valence-electron chi connectivity index (χ0n) is 5.66. The molecule has 1 aromatic heterocycles. The molecule has 50 valence electrons. The number of thiophene rings is 1. The smallest absolute Gasteiger partial charge is 0.00762 e. The Kier molecular flexibility index (Phi) is 2.25. The van der Waals surface area contributed by atoms with Crippen molar-refractivity contribution >= 4 is 11.3 Å². The molecule has 0 saturated carbocycles. The zero-order valence-corrected chi connectivity index (χ0v) is 6.48. The monoisotopic (exact) mass is 140 g/mol. The molecular weight excluding hydrogens is 130 g/mol. The number of hydrogen-bond donors (Lipinski definition) is 0. The second-order valence-electron chi connectivity index (χ2n) is 1.99. The predicted molar refractivity (Wildman–Crippen MR) is 42.0 cm³/mol. The SMILES string of the molecule is C[N-]C(C)c1ccsc1. The fourth-order valence-corrected chi connectivity index (χ4v) is 1.41. The molecule has 0 N–H and O–H groups in total. The van der Waals surface area contributed by atoms with Gasteiger partial charge in [0.05, 0.1) is 0 Å². The van der Waals surface area contributed by atoms with Crippen LogP contribution in [0.1, 0.15) is 18.5 Å². The van der Waals surface area contributed by atoms with Crippen LogP contribution in [0.4, 0.5) is 0 Å². The highest BCUT2D eigenvalue weighted by molar-refractivity contribution is 7.07. The highest BCUT2D eigenvalue weighted by Crippen LogP contribution is 2.21. The molecule has 1 rings (SSSR count). The Morgan fingerprint density at radius 3 is 2.89 bits per heavy atom. The van der Waals surface area contributed by atoms with E-state index in [-0.39, 0.29) is 0 Å². The minimum Gasteiger partial charge on any atom is -0.659 e. The van der Waals surface area contributed by atoms with Gasteiger partial charge >= 0.3 is 0 Å². The van der Waals surface area contributed by atoms with Crippen LogP contribution in [0.3, 0.4) is 0 Å². The molecule has 1 unspecified atom stereocenters. The lowest BCUT2D eigenvalue weighted by Crippen LogP contribution is -1.85. The summed E-state index contributed by atoms with van der Waals surface area (Å²) < 4.78 is 0. The normalized spacial score (nSPS) is 13.6. The van der Waals surface area contributed by atoms with E-state index >= 15 is 0 Å². The van der Waals surface area contributed by atoms with Gasteiger partial charge in [-0.25, -0.2) is 0 Å². The molecule has 0 saturated heterocycles. The van der Waals surface area contributed by atoms with Crippen molar-refractivity contribution in [1.82, 2.24) is 0 Å². The summed E-state index contributed by atoms with van der Waals surface area (Å²) >= 11 is 1.72. The van der Waals surface area contributed by atoms with Crippen LogP contribution >= 0.6 is 11.3 Å². The average molecular weight is 140 g/mol. The molecule has 1 aromatic rings. The number of rotatable bonds is 2. The Morgan fingerprint density at radius 2 is 2.44 bits per heavy atom. The molecule has 1 heterocycles. The van der Waals surface area contributed by atoms with Crippen LogP contribution < -0.4 is 0 Å². The summed E-state index contributed by atoms with van der Waals surface area (Å²) in [4.78, 5) is 0. The molecule has 1 nitrogen and oxygen atoms in total. The summed E-state index contributed by atoms with van der Waals surface area (Å²) in [5, 5.41) is 8.35. The summed E-state index contributed by atoms with van der Waals surface area (Å²) in [7, 11) is 1.85. The quantitative estimate of drug-likeness (QED) is 0.599. The van der Waals surface area contributed by atoms with Gasteiger partial charge in [-0.05, 0) is 16.8 Å². The van der Waals surface area contributed by atoms with Crippen molar-refractivity contribution in [1.29, 1.82) is 0 Å². The van der Waals surface area contributed by atoms with Gasteiger partial charge in [-0.3, -0.25) is 0 Å². The summed E-state index contributed by atoms with van der Waals surface area (Å²) in [6, 6.07) is 2.48. The van der Waals surface area contributed by atoms with Crippen LogP contribution in [0.2, 0.25) is 0 Å². The van der Waals surface area contributed by atoms with Gasteiger partial charge in [-0.1, -0.05) is 12.5 Å². The molecule has 0 bridgehead atoms. The maximum absolute atomic E-state index is 4.14. The fraction of sp³-hybridized carbons (Fsp3) is 0.429. The molecule has 0 aromatic carbocycles. The fourth-order valence-electron chi connectivity index (χ4n) is 0.662. The van der Waals surface area contributed by atoms with Gasteiger partial charge in [0.25, 0.3) is 0 Å². The first-order valence-corrected chi connectivity index (χ1v) is 3.90. The standard InChI is InChI=1S/C7H10NS/c1-6(8-2)7-3-4-9-5-7/h3-6H,1-2H3/q-1. The molecule has 0 aliphatic rings. The van der Waals surface area contributed by atoms with E-state index in [1.165, 1.54) is 5.56 Å². The Bertz CT molecular complexity index is 157. The van der Waals surface area contributed by atoms with Crippen LogP contribution in [0.5, 0.6) is 0 Å². The first-order valence-electron chi connectivity index (χ1n) is 2.95. The molecule has 1 atom stereocenters. The summed E-state index contributed by atoms with van der Waals surface area (Å²) in [5.41, 5.74) is 1.32. The first kappa shape index (κ1) is 6.78. The van der Waals surface area contributed by atoms with E-state index < -0.39 is 0 Å². The largest absolute Gasteiger partial charge is 0.659 e. The summed E-state index contributed by atoms with van der Waals surface area (Å²) in [5.74, 6) is 0. The van der Waals surface area contributed by atoms with E-state index in [1.54, 1.807) is 11.3 Å². The van der Waals surface area contributed by atoms with Crippen molar-refractivity contribution in [2.24, 2.45) is 0 Å². The molecular formula is C7H10NS-. The molecule has 2 heteroatoms. The van der Waals surface area contributed by atoms with E-state index in [4.69, 9.17) is 0 Å². The van der Waals surface area contributed by atoms with Gasteiger partial charge in [0.1, 0.15) is 0 Å². The van der Waals surface area contributed by atoms with Gasteiger partial charge in [0.2, 0.25) is 0 Å². The summed E-state index contributed by atoms with van der Waals surface area (Å²) in [6.07, 6.45) is 0. The van der Waals surface area contributed by atoms with Gasteiger partial charge in [-0.15, -0.1) is 6.04 Å². The highest BCUT2D eigenvalue weighted by atomic mass is 32.1. The van der Waals surface area contributed by atoms with Gasteiger partial charge in [-0.2, -0.15) is 18.4 Å². The molecule has 0 radical (unpaired) electrons. The zero-order chi connectivity index (χ0) is 6.69. The van der Waals surface area contributed by atoms with Crippen molar-refractivity contribution < 1.29 is 0 Å². The van der Waals surface area contributed by atoms with E-state index in [1.807, 2.05) is 7.05 Å². The molecule has 0 fully saturated rings. The van der Waals surface area contributed by atoms with Crippen LogP contribution in [0.25, 0.3) is 5.32 Å². The van der Waals surface area contributed by atoms with E-state index in [2.05, 4.69) is 29.1 Å². The molecule has 0 aliphatic carbocycles. The minimum absolute atomic E-state index is 0.372. The minimum atomic E-state index is 0.372. The van der Waals surface area contributed by atoms with Crippen molar-refractivity contribution in [3.8, 4) is 0 Å². The van der Waals surface area contributed by atoms with Crippen molar-refractivity contribution in [2.75, 3.05) is 7.05 Å².